The molecule has 3 heterocycles. The second kappa shape index (κ2) is 6.76. The van der Waals surface area contributed by atoms with Gasteiger partial charge in [0, 0.05) is 36.8 Å². The summed E-state index contributed by atoms with van der Waals surface area (Å²) in [6.45, 7) is 2.23. The molecule has 0 radical (unpaired) electrons. The standard InChI is InChI=1S/C22H19N3O4/c1-14-13-24(2)21(28)22(14,29)10-9-15-6-5-7-16(12-15)19-23-18(20(26)27)17-8-3-4-11-25(17)19/h3-8,11-12,14,29H,13H2,1-2H3,(H,26,27). The molecule has 2 N–H and O–H groups in total. The van der Waals surface area contributed by atoms with Crippen LogP contribution in [0.2, 0.25) is 0 Å². The summed E-state index contributed by atoms with van der Waals surface area (Å²) in [5, 5.41) is 20.1. The Labute approximate surface area is 167 Å². The number of hydrogen-bond donors (Lipinski definition) is 2. The Balaban J connectivity index is 1.76. The van der Waals surface area contributed by atoms with E-state index >= 15 is 0 Å². The van der Waals surface area contributed by atoms with E-state index < -0.39 is 17.5 Å². The van der Waals surface area contributed by atoms with Gasteiger partial charge in [-0.2, -0.15) is 0 Å². The van der Waals surface area contributed by atoms with Crippen LogP contribution in [0.25, 0.3) is 16.9 Å². The van der Waals surface area contributed by atoms with Gasteiger partial charge in [-0.15, -0.1) is 0 Å². The summed E-state index contributed by atoms with van der Waals surface area (Å²) in [4.78, 5) is 29.6. The average molecular weight is 389 g/mol. The number of likely N-dealkylation sites (tertiary alicyclic amines) is 1. The molecular weight excluding hydrogens is 370 g/mol. The van der Waals surface area contributed by atoms with E-state index in [0.29, 0.717) is 29.0 Å². The highest BCUT2D eigenvalue weighted by Crippen LogP contribution is 2.28. The zero-order valence-corrected chi connectivity index (χ0v) is 16.0. The van der Waals surface area contributed by atoms with Crippen LogP contribution >= 0.6 is 0 Å². The van der Waals surface area contributed by atoms with Crippen LogP contribution in [-0.4, -0.2) is 55.6 Å². The number of rotatable bonds is 2. The van der Waals surface area contributed by atoms with Gasteiger partial charge < -0.3 is 15.1 Å². The fraction of sp³-hybridized carbons (Fsp3) is 0.227. The molecule has 2 aromatic heterocycles. The minimum absolute atomic E-state index is 0.0280. The number of carbonyl (C=O) groups is 2. The number of likely N-dealkylation sites (N-methyl/N-ethyl adjacent to an activating group) is 1. The number of carbonyl (C=O) groups excluding carboxylic acids is 1. The number of benzene rings is 1. The average Bonchev–Trinajstić information content (AvgIpc) is 3.19. The van der Waals surface area contributed by atoms with Crippen molar-refractivity contribution in [3.63, 3.8) is 0 Å². The van der Waals surface area contributed by atoms with Crippen LogP contribution < -0.4 is 0 Å². The molecule has 0 saturated carbocycles. The summed E-state index contributed by atoms with van der Waals surface area (Å²) in [6.07, 6.45) is 1.75. The third kappa shape index (κ3) is 3.04. The second-order valence-corrected chi connectivity index (χ2v) is 7.23. The topological polar surface area (TPSA) is 95.1 Å². The van der Waals surface area contributed by atoms with Crippen LogP contribution in [0.4, 0.5) is 0 Å². The molecule has 1 saturated heterocycles. The van der Waals surface area contributed by atoms with Gasteiger partial charge in [0.1, 0.15) is 5.82 Å². The van der Waals surface area contributed by atoms with Gasteiger partial charge in [0.15, 0.2) is 5.69 Å². The van der Waals surface area contributed by atoms with Crippen molar-refractivity contribution in [1.29, 1.82) is 0 Å². The predicted octanol–water partition coefficient (Wildman–Crippen LogP) is 1.89. The molecule has 0 aliphatic carbocycles. The van der Waals surface area contributed by atoms with E-state index in [-0.39, 0.29) is 11.6 Å². The molecule has 1 aliphatic heterocycles. The quantitative estimate of drug-likeness (QED) is 0.653. The maximum atomic E-state index is 12.3. The molecule has 1 fully saturated rings. The van der Waals surface area contributed by atoms with Crippen molar-refractivity contribution in [1.82, 2.24) is 14.3 Å². The molecule has 0 spiro atoms. The van der Waals surface area contributed by atoms with Gasteiger partial charge in [-0.3, -0.25) is 9.20 Å². The largest absolute Gasteiger partial charge is 0.476 e. The zero-order chi connectivity index (χ0) is 20.8. The number of nitrogens with zero attached hydrogens (tertiary/aromatic N) is 3. The van der Waals surface area contributed by atoms with Gasteiger partial charge in [-0.25, -0.2) is 9.78 Å². The Morgan fingerprint density at radius 3 is 2.76 bits per heavy atom. The number of aliphatic hydroxyl groups is 1. The Morgan fingerprint density at radius 2 is 2.07 bits per heavy atom. The number of carboxylic acid groups (broad SMARTS) is 1. The van der Waals surface area contributed by atoms with Crippen LogP contribution in [0.1, 0.15) is 23.0 Å². The molecule has 3 aromatic rings. The van der Waals surface area contributed by atoms with E-state index in [1.54, 1.807) is 61.0 Å². The van der Waals surface area contributed by atoms with Gasteiger partial charge in [0.2, 0.25) is 5.60 Å². The lowest BCUT2D eigenvalue weighted by molar-refractivity contribution is -0.138. The maximum absolute atomic E-state index is 12.3. The molecule has 1 aromatic carbocycles. The molecule has 146 valence electrons. The van der Waals surface area contributed by atoms with Crippen LogP contribution in [0.5, 0.6) is 0 Å². The van der Waals surface area contributed by atoms with E-state index in [0.717, 1.165) is 0 Å². The van der Waals surface area contributed by atoms with Crippen molar-refractivity contribution < 1.29 is 19.8 Å². The highest BCUT2D eigenvalue weighted by atomic mass is 16.4. The molecule has 29 heavy (non-hydrogen) atoms. The van der Waals surface area contributed by atoms with Crippen LogP contribution in [0.15, 0.2) is 48.7 Å². The monoisotopic (exact) mass is 389 g/mol. The zero-order valence-electron chi connectivity index (χ0n) is 16.0. The van der Waals surface area contributed by atoms with Crippen LogP contribution in [0, 0.1) is 17.8 Å². The summed E-state index contributed by atoms with van der Waals surface area (Å²) < 4.78 is 1.71. The number of hydrogen-bond acceptors (Lipinski definition) is 4. The highest BCUT2D eigenvalue weighted by Gasteiger charge is 2.48. The fourth-order valence-electron chi connectivity index (χ4n) is 3.61. The molecule has 4 rings (SSSR count). The van der Waals surface area contributed by atoms with Crippen LogP contribution in [-0.2, 0) is 4.79 Å². The number of pyridine rings is 1. The van der Waals surface area contributed by atoms with Gasteiger partial charge in [0.05, 0.1) is 5.52 Å². The summed E-state index contributed by atoms with van der Waals surface area (Å²) in [7, 11) is 1.64. The van der Waals surface area contributed by atoms with E-state index in [2.05, 4.69) is 16.8 Å². The SMILES string of the molecule is CC1CN(C)C(=O)C1(O)C#Cc1cccc(-c2nc(C(=O)O)c3ccccn23)c1. The van der Waals surface area contributed by atoms with Crippen molar-refractivity contribution in [2.45, 2.75) is 12.5 Å². The highest BCUT2D eigenvalue weighted by molar-refractivity contribution is 5.95. The van der Waals surface area contributed by atoms with Crippen molar-refractivity contribution in [2.24, 2.45) is 5.92 Å². The predicted molar refractivity (Wildman–Crippen MR) is 106 cm³/mol. The third-order valence-corrected chi connectivity index (χ3v) is 5.20. The second-order valence-electron chi connectivity index (χ2n) is 7.23. The fourth-order valence-corrected chi connectivity index (χ4v) is 3.61. The van der Waals surface area contributed by atoms with Gasteiger partial charge >= 0.3 is 5.97 Å². The first-order valence-corrected chi connectivity index (χ1v) is 9.13. The van der Waals surface area contributed by atoms with E-state index in [9.17, 15) is 19.8 Å². The molecule has 7 heteroatoms. The summed E-state index contributed by atoms with van der Waals surface area (Å²) in [5.41, 5.74) is 0.0331. The van der Waals surface area contributed by atoms with E-state index in [1.807, 2.05) is 6.07 Å². The summed E-state index contributed by atoms with van der Waals surface area (Å²) >= 11 is 0. The Kier molecular flexibility index (Phi) is 4.36. The molecule has 1 amide bonds. The summed E-state index contributed by atoms with van der Waals surface area (Å²) in [5.74, 6) is 4.30. The van der Waals surface area contributed by atoms with Crippen molar-refractivity contribution in [2.75, 3.05) is 13.6 Å². The number of aromatic nitrogens is 2. The number of fused-ring (bicyclic) bond motifs is 1. The first-order chi connectivity index (χ1) is 13.8. The van der Waals surface area contributed by atoms with Gasteiger partial charge in [0.25, 0.3) is 5.91 Å². The molecular formula is C22H19N3O4. The van der Waals surface area contributed by atoms with Crippen molar-refractivity contribution >= 4 is 17.4 Å². The Morgan fingerprint density at radius 1 is 1.28 bits per heavy atom. The Hall–Kier alpha value is -3.63. The maximum Gasteiger partial charge on any atom is 0.356 e. The normalized spacial score (nSPS) is 21.3. The lowest BCUT2D eigenvalue weighted by Crippen LogP contribution is -2.40. The minimum atomic E-state index is -1.71. The Bertz CT molecular complexity index is 1200. The molecule has 2 atom stereocenters. The van der Waals surface area contributed by atoms with E-state index in [4.69, 9.17) is 0 Å². The smallest absolute Gasteiger partial charge is 0.356 e. The lowest BCUT2D eigenvalue weighted by atomic mass is 9.92. The molecule has 0 bridgehead atoms. The van der Waals surface area contributed by atoms with Crippen LogP contribution in [0.3, 0.4) is 0 Å². The van der Waals surface area contributed by atoms with Gasteiger partial charge in [-0.1, -0.05) is 37.0 Å². The molecule has 2 unspecified atom stereocenters. The van der Waals surface area contributed by atoms with E-state index in [1.165, 1.54) is 4.90 Å². The van der Waals surface area contributed by atoms with Crippen molar-refractivity contribution in [3.8, 4) is 23.2 Å². The molecule has 1 aliphatic rings. The first-order valence-electron chi connectivity index (χ1n) is 9.13. The first kappa shape index (κ1) is 18.7. The minimum Gasteiger partial charge on any atom is -0.476 e. The number of carboxylic acids is 1. The number of imidazole rings is 1. The number of amides is 1. The summed E-state index contributed by atoms with van der Waals surface area (Å²) in [6, 6.07) is 12.4. The van der Waals surface area contributed by atoms with Crippen molar-refractivity contribution in [3.05, 3.63) is 59.9 Å². The lowest BCUT2D eigenvalue weighted by Gasteiger charge is -2.17. The molecule has 7 nitrogen and oxygen atoms in total. The van der Waals surface area contributed by atoms with Gasteiger partial charge in [-0.05, 0) is 24.3 Å². The number of aromatic carboxylic acids is 1. The third-order valence-electron chi connectivity index (χ3n) is 5.20.